The van der Waals surface area contributed by atoms with Crippen LogP contribution in [0.1, 0.15) is 104 Å². The molecular formula is C26H48N2O6S2. The van der Waals surface area contributed by atoms with E-state index >= 15 is 0 Å². The van der Waals surface area contributed by atoms with E-state index in [1.165, 1.54) is 27.1 Å². The Hall–Kier alpha value is -1.42. The van der Waals surface area contributed by atoms with Gasteiger partial charge in [0.25, 0.3) is 0 Å². The number of hydrogen-bond donors (Lipinski definition) is 2. The predicted octanol–water partition coefficient (Wildman–Crippen LogP) is 5.18. The molecule has 0 aromatic rings. The number of unbranched alkanes of at least 4 members (excludes halogenated alkanes) is 8. The molecule has 1 unspecified atom stereocenters. The van der Waals surface area contributed by atoms with E-state index in [1.807, 2.05) is 0 Å². The topological polar surface area (TPSA) is 111 Å². The SMILES string of the molecule is CCCCCCCC(=O)NC(CCSSCC[C@H](NC(=O)CCCCCCC)C(=O)OC)C(=O)OC. The number of carbonyl (C=O) groups is 4. The highest BCUT2D eigenvalue weighted by Gasteiger charge is 2.22. The van der Waals surface area contributed by atoms with Gasteiger partial charge in [-0.15, -0.1) is 0 Å². The Labute approximate surface area is 225 Å². The molecule has 36 heavy (non-hydrogen) atoms. The summed E-state index contributed by atoms with van der Waals surface area (Å²) >= 11 is 0. The van der Waals surface area contributed by atoms with Gasteiger partial charge in [-0.25, -0.2) is 9.59 Å². The summed E-state index contributed by atoms with van der Waals surface area (Å²) in [6.45, 7) is 4.30. The number of rotatable bonds is 23. The van der Waals surface area contributed by atoms with Crippen molar-refractivity contribution >= 4 is 45.3 Å². The fraction of sp³-hybridized carbons (Fsp3) is 0.846. The molecule has 2 atom stereocenters. The average Bonchev–Trinajstić information content (AvgIpc) is 2.87. The van der Waals surface area contributed by atoms with Crippen LogP contribution in [0.3, 0.4) is 0 Å². The number of methoxy groups -OCH3 is 2. The third kappa shape index (κ3) is 18.8. The Morgan fingerprint density at radius 3 is 1.31 bits per heavy atom. The maximum absolute atomic E-state index is 12.2. The van der Waals surface area contributed by atoms with E-state index in [-0.39, 0.29) is 11.8 Å². The number of ether oxygens (including phenoxy) is 2. The van der Waals surface area contributed by atoms with Crippen LogP contribution in [0.5, 0.6) is 0 Å². The summed E-state index contributed by atoms with van der Waals surface area (Å²) in [5.41, 5.74) is 0. The van der Waals surface area contributed by atoms with Gasteiger partial charge in [0.15, 0.2) is 0 Å². The van der Waals surface area contributed by atoms with Crippen LogP contribution in [0.2, 0.25) is 0 Å². The van der Waals surface area contributed by atoms with Crippen molar-refractivity contribution in [1.82, 2.24) is 10.6 Å². The summed E-state index contributed by atoms with van der Waals surface area (Å²) < 4.78 is 9.68. The second-order valence-corrected chi connectivity index (χ2v) is 11.5. The average molecular weight is 549 g/mol. The minimum atomic E-state index is -0.661. The molecule has 0 aliphatic heterocycles. The lowest BCUT2D eigenvalue weighted by molar-refractivity contribution is -0.145. The van der Waals surface area contributed by atoms with E-state index < -0.39 is 24.0 Å². The molecule has 0 heterocycles. The summed E-state index contributed by atoms with van der Waals surface area (Å²) in [6, 6.07) is -1.32. The zero-order valence-electron chi connectivity index (χ0n) is 22.7. The van der Waals surface area contributed by atoms with Crippen LogP contribution in [0, 0.1) is 0 Å². The van der Waals surface area contributed by atoms with Gasteiger partial charge < -0.3 is 20.1 Å². The van der Waals surface area contributed by atoms with E-state index in [2.05, 4.69) is 24.5 Å². The molecule has 210 valence electrons. The van der Waals surface area contributed by atoms with Gasteiger partial charge in [-0.3, -0.25) is 9.59 Å². The Kier molecular flexibility index (Phi) is 23.0. The van der Waals surface area contributed by atoms with Gasteiger partial charge in [0.2, 0.25) is 11.8 Å². The largest absolute Gasteiger partial charge is 0.467 e. The first-order valence-corrected chi connectivity index (χ1v) is 15.9. The van der Waals surface area contributed by atoms with Crippen LogP contribution >= 0.6 is 21.6 Å². The van der Waals surface area contributed by atoms with E-state index in [4.69, 9.17) is 9.47 Å². The molecule has 0 saturated heterocycles. The molecule has 0 aliphatic rings. The zero-order valence-corrected chi connectivity index (χ0v) is 24.4. The van der Waals surface area contributed by atoms with Crippen LogP contribution in [0.4, 0.5) is 0 Å². The van der Waals surface area contributed by atoms with E-state index in [0.717, 1.165) is 51.4 Å². The molecule has 0 aliphatic carbocycles. The van der Waals surface area contributed by atoms with Crippen molar-refractivity contribution in [2.45, 2.75) is 116 Å². The summed E-state index contributed by atoms with van der Waals surface area (Å²) in [6.07, 6.45) is 12.3. The molecular weight excluding hydrogens is 500 g/mol. The number of amides is 2. The first-order valence-electron chi connectivity index (χ1n) is 13.4. The molecule has 0 aromatic heterocycles. The fourth-order valence-corrected chi connectivity index (χ4v) is 5.73. The molecule has 0 saturated carbocycles. The van der Waals surface area contributed by atoms with E-state index in [1.54, 1.807) is 21.6 Å². The fourth-order valence-electron chi connectivity index (χ4n) is 3.54. The molecule has 2 N–H and O–H groups in total. The molecule has 0 radical (unpaired) electrons. The highest BCUT2D eigenvalue weighted by Crippen LogP contribution is 2.24. The predicted molar refractivity (Wildman–Crippen MR) is 149 cm³/mol. The van der Waals surface area contributed by atoms with Crippen LogP contribution in [-0.2, 0) is 28.7 Å². The lowest BCUT2D eigenvalue weighted by Crippen LogP contribution is -2.42. The van der Waals surface area contributed by atoms with Gasteiger partial charge in [0.05, 0.1) is 14.2 Å². The van der Waals surface area contributed by atoms with Crippen molar-refractivity contribution < 1.29 is 28.7 Å². The monoisotopic (exact) mass is 548 g/mol. The van der Waals surface area contributed by atoms with Crippen LogP contribution in [0.25, 0.3) is 0 Å². The summed E-state index contributed by atoms with van der Waals surface area (Å²) in [5, 5.41) is 5.59. The Balaban J connectivity index is 4.29. The highest BCUT2D eigenvalue weighted by atomic mass is 33.1. The maximum Gasteiger partial charge on any atom is 0.328 e. The van der Waals surface area contributed by atoms with E-state index in [9.17, 15) is 19.2 Å². The molecule has 0 spiro atoms. The quantitative estimate of drug-likeness (QED) is 0.102. The Morgan fingerprint density at radius 2 is 0.972 bits per heavy atom. The second kappa shape index (κ2) is 23.9. The van der Waals surface area contributed by atoms with Crippen molar-refractivity contribution in [3.05, 3.63) is 0 Å². The lowest BCUT2D eigenvalue weighted by atomic mass is 10.1. The number of carbonyl (C=O) groups excluding carboxylic acids is 4. The number of nitrogens with one attached hydrogen (secondary N) is 2. The normalized spacial score (nSPS) is 12.4. The van der Waals surface area contributed by atoms with Gasteiger partial charge in [-0.05, 0) is 25.7 Å². The zero-order chi connectivity index (χ0) is 27.0. The highest BCUT2D eigenvalue weighted by molar-refractivity contribution is 8.76. The lowest BCUT2D eigenvalue weighted by Gasteiger charge is -2.17. The van der Waals surface area contributed by atoms with Gasteiger partial charge >= 0.3 is 11.9 Å². The smallest absolute Gasteiger partial charge is 0.328 e. The third-order valence-corrected chi connectivity index (χ3v) is 8.19. The first kappa shape index (κ1) is 34.6. The van der Waals surface area contributed by atoms with Gasteiger partial charge in [0.1, 0.15) is 12.1 Å². The van der Waals surface area contributed by atoms with Crippen molar-refractivity contribution in [3.63, 3.8) is 0 Å². The standard InChI is InChI=1S/C26H48N2O6S2/c1-5-7-9-11-13-15-23(29)27-21(25(31)33-3)17-19-35-36-20-18-22(26(32)34-4)28-24(30)16-14-12-10-8-6-2/h21-22H,5-20H2,1-4H3,(H,27,29)(H,28,30)/t21-,22?/m0/s1. The second-order valence-electron chi connectivity index (χ2n) is 8.84. The van der Waals surface area contributed by atoms with Crippen molar-refractivity contribution in [2.75, 3.05) is 25.7 Å². The minimum Gasteiger partial charge on any atom is -0.467 e. The number of hydrogen-bond acceptors (Lipinski definition) is 8. The van der Waals surface area contributed by atoms with Crippen molar-refractivity contribution in [1.29, 1.82) is 0 Å². The van der Waals surface area contributed by atoms with E-state index in [0.29, 0.717) is 37.2 Å². The number of esters is 2. The molecule has 8 nitrogen and oxygen atoms in total. The molecule has 0 bridgehead atoms. The maximum atomic E-state index is 12.2. The Bertz CT molecular complexity index is 569. The first-order chi connectivity index (χ1) is 17.4. The molecule has 0 aromatic carbocycles. The summed E-state index contributed by atoms with van der Waals surface area (Å²) in [5.74, 6) is 0.136. The third-order valence-electron chi connectivity index (χ3n) is 5.72. The van der Waals surface area contributed by atoms with Crippen LogP contribution < -0.4 is 10.6 Å². The molecule has 10 heteroatoms. The summed E-state index contributed by atoms with van der Waals surface area (Å²) in [7, 11) is 5.76. The summed E-state index contributed by atoms with van der Waals surface area (Å²) in [4.78, 5) is 48.5. The van der Waals surface area contributed by atoms with Gasteiger partial charge in [0, 0.05) is 24.3 Å². The van der Waals surface area contributed by atoms with Crippen molar-refractivity contribution in [3.8, 4) is 0 Å². The van der Waals surface area contributed by atoms with Gasteiger partial charge in [-0.2, -0.15) is 0 Å². The van der Waals surface area contributed by atoms with Crippen molar-refractivity contribution in [2.24, 2.45) is 0 Å². The van der Waals surface area contributed by atoms with Gasteiger partial charge in [-0.1, -0.05) is 86.8 Å². The van der Waals surface area contributed by atoms with Crippen LogP contribution in [-0.4, -0.2) is 61.6 Å². The molecule has 0 fully saturated rings. The minimum absolute atomic E-state index is 0.124. The molecule has 2 amide bonds. The Morgan fingerprint density at radius 1 is 0.611 bits per heavy atom. The van der Waals surface area contributed by atoms with Crippen LogP contribution in [0.15, 0.2) is 0 Å². The molecule has 0 rings (SSSR count).